The zero-order valence-corrected chi connectivity index (χ0v) is 24.1. The third-order valence-corrected chi connectivity index (χ3v) is 8.35. The van der Waals surface area contributed by atoms with E-state index in [-0.39, 0.29) is 30.2 Å². The zero-order chi connectivity index (χ0) is 28.3. The van der Waals surface area contributed by atoms with Crippen molar-refractivity contribution in [3.05, 3.63) is 42.2 Å². The van der Waals surface area contributed by atoms with Crippen LogP contribution < -0.4 is 15.1 Å². The Morgan fingerprint density at radius 1 is 1.15 bits per heavy atom. The number of rotatable bonds is 12. The molecule has 212 valence electrons. The molecule has 9 nitrogen and oxygen atoms in total. The smallest absolute Gasteiger partial charge is 0.227 e. The van der Waals surface area contributed by atoms with Gasteiger partial charge in [0.25, 0.3) is 0 Å². The second kappa shape index (κ2) is 12.0. The van der Waals surface area contributed by atoms with E-state index in [1.54, 1.807) is 24.1 Å². The number of anilines is 4. The Hall–Kier alpha value is -3.05. The van der Waals surface area contributed by atoms with Gasteiger partial charge in [-0.15, -0.1) is 0 Å². The molecule has 1 aliphatic heterocycles. The van der Waals surface area contributed by atoms with Crippen molar-refractivity contribution in [2.45, 2.75) is 52.2 Å². The van der Waals surface area contributed by atoms with E-state index in [0.29, 0.717) is 37.1 Å². The fourth-order valence-electron chi connectivity index (χ4n) is 5.11. The van der Waals surface area contributed by atoms with Gasteiger partial charge in [0.05, 0.1) is 11.9 Å². The highest BCUT2D eigenvalue weighted by atomic mass is 32.2. The van der Waals surface area contributed by atoms with Crippen LogP contribution in [0.5, 0.6) is 0 Å². The van der Waals surface area contributed by atoms with Crippen LogP contribution in [-0.2, 0) is 9.84 Å². The average Bonchev–Trinajstić information content (AvgIpc) is 2.87. The first-order chi connectivity index (χ1) is 18.5. The van der Waals surface area contributed by atoms with Gasteiger partial charge in [-0.05, 0) is 55.3 Å². The van der Waals surface area contributed by atoms with Crippen LogP contribution >= 0.6 is 0 Å². The fourth-order valence-corrected chi connectivity index (χ4v) is 6.28. The molecule has 3 heterocycles. The molecule has 1 fully saturated rings. The van der Waals surface area contributed by atoms with Gasteiger partial charge in [-0.25, -0.2) is 22.8 Å². The molecule has 1 aliphatic rings. The Morgan fingerprint density at radius 2 is 1.92 bits per heavy atom. The number of halogens is 1. The molecule has 3 atom stereocenters. The molecular formula is C28H39FN6O3S. The van der Waals surface area contributed by atoms with Gasteiger partial charge in [-0.1, -0.05) is 19.9 Å². The Labute approximate surface area is 230 Å². The van der Waals surface area contributed by atoms with E-state index in [9.17, 15) is 17.9 Å². The molecule has 11 heteroatoms. The lowest BCUT2D eigenvalue weighted by Gasteiger charge is -2.48. The maximum atomic E-state index is 13.2. The Bertz CT molecular complexity index is 1400. The fraction of sp³-hybridized carbons (Fsp3) is 0.536. The molecule has 1 saturated heterocycles. The number of hydrogen-bond donors (Lipinski definition) is 2. The van der Waals surface area contributed by atoms with Crippen LogP contribution in [0.2, 0.25) is 0 Å². The van der Waals surface area contributed by atoms with Gasteiger partial charge >= 0.3 is 0 Å². The molecule has 0 saturated carbocycles. The molecule has 4 rings (SSSR count). The molecule has 0 radical (unpaired) electrons. The van der Waals surface area contributed by atoms with Crippen molar-refractivity contribution in [2.75, 3.05) is 53.4 Å². The second-order valence-electron chi connectivity index (χ2n) is 10.9. The van der Waals surface area contributed by atoms with E-state index in [1.165, 1.54) is 11.8 Å². The van der Waals surface area contributed by atoms with Crippen LogP contribution in [0.4, 0.5) is 27.7 Å². The van der Waals surface area contributed by atoms with Crippen LogP contribution in [0.15, 0.2) is 36.7 Å². The van der Waals surface area contributed by atoms with Crippen molar-refractivity contribution in [1.82, 2.24) is 15.0 Å². The SMILES string of the molecule is CC(C)c1ccc(N2C[C@H](CS(C)(=O)=O)[C@H]2C)c2cnc(Nc3ccnc(N(CCF)CC[C@H](C)O)n3)cc12. The van der Waals surface area contributed by atoms with Crippen molar-refractivity contribution in [1.29, 1.82) is 0 Å². The van der Waals surface area contributed by atoms with Crippen molar-refractivity contribution in [2.24, 2.45) is 5.92 Å². The van der Waals surface area contributed by atoms with Crippen molar-refractivity contribution >= 4 is 43.9 Å². The van der Waals surface area contributed by atoms with E-state index >= 15 is 0 Å². The van der Waals surface area contributed by atoms with Crippen molar-refractivity contribution in [3.63, 3.8) is 0 Å². The highest BCUT2D eigenvalue weighted by Gasteiger charge is 2.38. The molecule has 2 N–H and O–H groups in total. The molecule has 1 aromatic carbocycles. The first kappa shape index (κ1) is 28.9. The number of alkyl halides is 1. The number of benzene rings is 1. The summed E-state index contributed by atoms with van der Waals surface area (Å²) in [5.41, 5.74) is 2.24. The summed E-state index contributed by atoms with van der Waals surface area (Å²) in [6, 6.07) is 8.12. The van der Waals surface area contributed by atoms with Crippen LogP contribution in [0.25, 0.3) is 10.8 Å². The molecule has 0 amide bonds. The summed E-state index contributed by atoms with van der Waals surface area (Å²) in [5, 5.41) is 15.0. The lowest BCUT2D eigenvalue weighted by molar-refractivity contribution is 0.186. The van der Waals surface area contributed by atoms with Gasteiger partial charge in [0.2, 0.25) is 5.95 Å². The molecular weight excluding hydrogens is 519 g/mol. The molecule has 39 heavy (non-hydrogen) atoms. The average molecular weight is 559 g/mol. The van der Waals surface area contributed by atoms with Crippen LogP contribution in [-0.4, -0.2) is 78.9 Å². The number of aliphatic hydroxyl groups excluding tert-OH is 1. The quantitative estimate of drug-likeness (QED) is 0.336. The molecule has 0 spiro atoms. The monoisotopic (exact) mass is 558 g/mol. The predicted molar refractivity (Wildman–Crippen MR) is 156 cm³/mol. The third-order valence-electron chi connectivity index (χ3n) is 7.32. The summed E-state index contributed by atoms with van der Waals surface area (Å²) in [7, 11) is -3.03. The minimum Gasteiger partial charge on any atom is -0.393 e. The zero-order valence-electron chi connectivity index (χ0n) is 23.3. The normalized spacial score (nSPS) is 18.3. The minimum atomic E-state index is -3.03. The van der Waals surface area contributed by atoms with Crippen LogP contribution in [0.1, 0.15) is 45.6 Å². The molecule has 0 bridgehead atoms. The Kier molecular flexibility index (Phi) is 8.90. The Morgan fingerprint density at radius 3 is 2.56 bits per heavy atom. The minimum absolute atomic E-state index is 0.109. The predicted octanol–water partition coefficient (Wildman–Crippen LogP) is 4.31. The standard InChI is InChI=1S/C28H39FN6O3S/c1-18(2)22-6-7-25(35-16-21(20(35)4)17-39(5,37)38)24-15-31-27(14-23(22)24)32-26-8-11-30-28(33-26)34(13-10-29)12-9-19(3)36/h6-8,11,14-15,18-21,36H,9-10,12-13,16-17H2,1-5H3,(H,30,31,32,33)/t19-,20+,21+/m0/s1. The van der Waals surface area contributed by atoms with E-state index in [0.717, 1.165) is 16.5 Å². The van der Waals surface area contributed by atoms with E-state index in [1.807, 2.05) is 12.3 Å². The number of aromatic nitrogens is 3. The van der Waals surface area contributed by atoms with E-state index in [4.69, 9.17) is 0 Å². The lowest BCUT2D eigenvalue weighted by Crippen LogP contribution is -2.57. The summed E-state index contributed by atoms with van der Waals surface area (Å²) in [6.07, 6.45) is 4.76. The van der Waals surface area contributed by atoms with E-state index in [2.05, 4.69) is 58.1 Å². The van der Waals surface area contributed by atoms with Crippen molar-refractivity contribution < 1.29 is 17.9 Å². The highest BCUT2D eigenvalue weighted by molar-refractivity contribution is 7.90. The molecule has 0 aliphatic carbocycles. The number of fused-ring (bicyclic) bond motifs is 1. The number of nitrogens with one attached hydrogen (secondary N) is 1. The van der Waals surface area contributed by atoms with Gasteiger partial charge in [-0.2, -0.15) is 4.98 Å². The molecule has 2 aromatic heterocycles. The summed E-state index contributed by atoms with van der Waals surface area (Å²) in [5.74, 6) is 2.14. The summed E-state index contributed by atoms with van der Waals surface area (Å²) in [4.78, 5) is 17.5. The topological polar surface area (TPSA) is 112 Å². The highest BCUT2D eigenvalue weighted by Crippen LogP contribution is 2.39. The van der Waals surface area contributed by atoms with Gasteiger partial charge in [0.15, 0.2) is 0 Å². The second-order valence-corrected chi connectivity index (χ2v) is 13.1. The largest absolute Gasteiger partial charge is 0.393 e. The van der Waals surface area contributed by atoms with Gasteiger partial charge in [-0.3, -0.25) is 0 Å². The molecule has 3 aromatic rings. The Balaban J connectivity index is 1.61. The number of nitrogens with zero attached hydrogens (tertiary/aromatic N) is 5. The van der Waals surface area contributed by atoms with Crippen LogP contribution in [0, 0.1) is 5.92 Å². The number of aliphatic hydroxyl groups is 1. The van der Waals surface area contributed by atoms with Crippen molar-refractivity contribution in [3.8, 4) is 0 Å². The van der Waals surface area contributed by atoms with Crippen LogP contribution in [0.3, 0.4) is 0 Å². The maximum Gasteiger partial charge on any atom is 0.227 e. The molecule has 0 unspecified atom stereocenters. The van der Waals surface area contributed by atoms with E-state index < -0.39 is 22.6 Å². The van der Waals surface area contributed by atoms with Gasteiger partial charge in [0.1, 0.15) is 28.1 Å². The number of sulfone groups is 1. The lowest BCUT2D eigenvalue weighted by atomic mass is 9.88. The first-order valence-electron chi connectivity index (χ1n) is 13.4. The summed E-state index contributed by atoms with van der Waals surface area (Å²) < 4.78 is 36.8. The van der Waals surface area contributed by atoms with Gasteiger partial charge < -0.3 is 20.2 Å². The number of pyridine rings is 1. The third kappa shape index (κ3) is 6.94. The summed E-state index contributed by atoms with van der Waals surface area (Å²) >= 11 is 0. The summed E-state index contributed by atoms with van der Waals surface area (Å²) in [6.45, 7) is 8.82. The number of hydrogen-bond acceptors (Lipinski definition) is 9. The first-order valence-corrected chi connectivity index (χ1v) is 15.5. The van der Waals surface area contributed by atoms with Gasteiger partial charge in [0, 0.05) is 61.3 Å². The maximum absolute atomic E-state index is 13.2.